The van der Waals surface area contributed by atoms with Crippen molar-refractivity contribution in [1.82, 2.24) is 9.80 Å². The van der Waals surface area contributed by atoms with Gasteiger partial charge < -0.3 is 14.7 Å². The molecule has 4 rings (SSSR count). The molecule has 2 N–H and O–H groups in total. The van der Waals surface area contributed by atoms with Crippen molar-refractivity contribution in [2.75, 3.05) is 31.5 Å². The molecule has 0 saturated carbocycles. The second kappa shape index (κ2) is 13.2. The number of carbonyl (C=O) groups is 1. The molecule has 3 aromatic rings. The summed E-state index contributed by atoms with van der Waals surface area (Å²) in [5.41, 5.74) is 1.39. The van der Waals surface area contributed by atoms with Crippen molar-refractivity contribution in [3.8, 4) is 5.75 Å². The van der Waals surface area contributed by atoms with Crippen molar-refractivity contribution in [2.45, 2.75) is 37.4 Å². The van der Waals surface area contributed by atoms with E-state index in [2.05, 4.69) is 9.62 Å². The quantitative estimate of drug-likeness (QED) is 0.307. The summed E-state index contributed by atoms with van der Waals surface area (Å²) in [6.45, 7) is 5.01. The van der Waals surface area contributed by atoms with Crippen LogP contribution in [0.5, 0.6) is 5.75 Å². The van der Waals surface area contributed by atoms with Gasteiger partial charge in [0, 0.05) is 36.3 Å². The lowest BCUT2D eigenvalue weighted by molar-refractivity contribution is 0.0341. The third-order valence-electron chi connectivity index (χ3n) is 6.97. The molecule has 12 heteroatoms. The number of hydrogen-bond donors (Lipinski definition) is 2. The van der Waals surface area contributed by atoms with Gasteiger partial charge >= 0.3 is 0 Å². The van der Waals surface area contributed by atoms with Crippen molar-refractivity contribution in [1.29, 1.82) is 0 Å². The number of amides is 1. The first-order chi connectivity index (χ1) is 19.4. The molecule has 0 saturated heterocycles. The van der Waals surface area contributed by atoms with E-state index in [4.69, 9.17) is 39.5 Å². The van der Waals surface area contributed by atoms with Crippen LogP contribution in [0.4, 0.5) is 5.69 Å². The Morgan fingerprint density at radius 2 is 1.78 bits per heavy atom. The largest absolute Gasteiger partial charge is 0.488 e. The number of rotatable bonds is 9. The molecule has 1 heterocycles. The summed E-state index contributed by atoms with van der Waals surface area (Å²) in [5.74, 6) is -0.108. The predicted octanol–water partition coefficient (Wildman–Crippen LogP) is 5.80. The Morgan fingerprint density at radius 1 is 1.07 bits per heavy atom. The van der Waals surface area contributed by atoms with Crippen molar-refractivity contribution in [3.05, 3.63) is 86.9 Å². The molecule has 1 aliphatic heterocycles. The molecule has 0 unspecified atom stereocenters. The third kappa shape index (κ3) is 7.66. The van der Waals surface area contributed by atoms with Gasteiger partial charge in [-0.2, -0.15) is 0 Å². The number of likely N-dealkylation sites (N-methyl/N-ethyl adjacent to an activating group) is 1. The summed E-state index contributed by atoms with van der Waals surface area (Å²) < 4.78 is 34.9. The van der Waals surface area contributed by atoms with Crippen LogP contribution in [0.1, 0.15) is 29.8 Å². The monoisotopic (exact) mass is 639 g/mol. The van der Waals surface area contributed by atoms with Gasteiger partial charge in [-0.15, -0.1) is 0 Å². The van der Waals surface area contributed by atoms with E-state index in [1.165, 1.54) is 30.3 Å². The van der Waals surface area contributed by atoms with Gasteiger partial charge in [0.15, 0.2) is 0 Å². The lowest BCUT2D eigenvalue weighted by atomic mass is 9.99. The van der Waals surface area contributed by atoms with E-state index >= 15 is 0 Å². The predicted molar refractivity (Wildman–Crippen MR) is 163 cm³/mol. The average molecular weight is 641 g/mol. The van der Waals surface area contributed by atoms with Crippen LogP contribution in [-0.2, 0) is 16.6 Å². The fourth-order valence-electron chi connectivity index (χ4n) is 4.65. The van der Waals surface area contributed by atoms with E-state index in [9.17, 15) is 18.3 Å². The molecule has 41 heavy (non-hydrogen) atoms. The number of nitrogens with one attached hydrogen (secondary N) is 1. The Balaban J connectivity index is 1.62. The third-order valence-corrected chi connectivity index (χ3v) is 9.36. The highest BCUT2D eigenvalue weighted by molar-refractivity contribution is 7.92. The minimum atomic E-state index is -3.93. The molecule has 0 aromatic heterocycles. The fourth-order valence-corrected chi connectivity index (χ4v) is 6.15. The maximum Gasteiger partial charge on any atom is 0.261 e. The summed E-state index contributed by atoms with van der Waals surface area (Å²) in [4.78, 5) is 17.4. The normalized spacial score (nSPS) is 18.3. The number of aliphatic hydroxyl groups is 1. The Labute approximate surface area is 255 Å². The Hall–Kier alpha value is -2.53. The maximum atomic E-state index is 13.7. The van der Waals surface area contributed by atoms with Crippen molar-refractivity contribution in [2.24, 2.45) is 5.92 Å². The maximum absolute atomic E-state index is 13.7. The smallest absolute Gasteiger partial charge is 0.261 e. The van der Waals surface area contributed by atoms with Gasteiger partial charge in [0.25, 0.3) is 15.9 Å². The van der Waals surface area contributed by atoms with Gasteiger partial charge in [-0.25, -0.2) is 8.42 Å². The van der Waals surface area contributed by atoms with E-state index in [1.54, 1.807) is 30.0 Å². The van der Waals surface area contributed by atoms with Crippen LogP contribution in [0.2, 0.25) is 15.1 Å². The average Bonchev–Trinajstić information content (AvgIpc) is 2.92. The van der Waals surface area contributed by atoms with Gasteiger partial charge in [0.1, 0.15) is 11.9 Å². The Bertz CT molecular complexity index is 1500. The highest BCUT2D eigenvalue weighted by Crippen LogP contribution is 2.32. The second-order valence-corrected chi connectivity index (χ2v) is 13.3. The lowest BCUT2D eigenvalue weighted by Crippen LogP contribution is -2.49. The van der Waals surface area contributed by atoms with Gasteiger partial charge in [-0.3, -0.25) is 14.4 Å². The molecule has 0 bridgehead atoms. The van der Waals surface area contributed by atoms with Crippen LogP contribution in [0, 0.1) is 5.92 Å². The number of sulfonamides is 1. The van der Waals surface area contributed by atoms with E-state index in [0.717, 1.165) is 5.56 Å². The molecular formula is C29H32Cl3N3O5S. The SMILES string of the molecule is C[C@@H]1CN([C@H](C)CO)C(=O)c2cc(NS(=O)(=O)c3ccc(Cl)cc3)ccc2O[C@H]1CN(C)Cc1ccc(Cl)c(Cl)c1. The summed E-state index contributed by atoms with van der Waals surface area (Å²) in [5, 5.41) is 11.3. The van der Waals surface area contributed by atoms with Gasteiger partial charge in [0.2, 0.25) is 0 Å². The van der Waals surface area contributed by atoms with Crippen LogP contribution < -0.4 is 9.46 Å². The summed E-state index contributed by atoms with van der Waals surface area (Å²) in [6.07, 6.45) is -0.320. The first-order valence-electron chi connectivity index (χ1n) is 13.0. The number of nitrogens with zero attached hydrogens (tertiary/aromatic N) is 2. The number of anilines is 1. The van der Waals surface area contributed by atoms with Crippen molar-refractivity contribution in [3.63, 3.8) is 0 Å². The summed E-state index contributed by atoms with van der Waals surface area (Å²) in [7, 11) is -1.97. The zero-order valence-electron chi connectivity index (χ0n) is 22.9. The number of ether oxygens (including phenoxy) is 1. The fraction of sp³-hybridized carbons (Fsp3) is 0.345. The zero-order valence-corrected chi connectivity index (χ0v) is 25.9. The Kier molecular flexibility index (Phi) is 10.1. The summed E-state index contributed by atoms with van der Waals surface area (Å²) in [6, 6.07) is 15.4. The topological polar surface area (TPSA) is 99.2 Å². The first kappa shape index (κ1) is 31.4. The number of carbonyl (C=O) groups excluding carboxylic acids is 1. The minimum Gasteiger partial charge on any atom is -0.488 e. The van der Waals surface area contributed by atoms with Crippen LogP contribution in [0.3, 0.4) is 0 Å². The molecule has 3 aromatic carbocycles. The highest BCUT2D eigenvalue weighted by Gasteiger charge is 2.33. The molecule has 0 radical (unpaired) electrons. The van der Waals surface area contributed by atoms with E-state index in [-0.39, 0.29) is 40.7 Å². The van der Waals surface area contributed by atoms with Crippen LogP contribution in [-0.4, -0.2) is 68.1 Å². The number of hydrogen-bond acceptors (Lipinski definition) is 6. The minimum absolute atomic E-state index is 0.0330. The van der Waals surface area contributed by atoms with Crippen LogP contribution in [0.15, 0.2) is 65.6 Å². The second-order valence-electron chi connectivity index (χ2n) is 10.3. The van der Waals surface area contributed by atoms with E-state index in [0.29, 0.717) is 40.5 Å². The molecule has 220 valence electrons. The molecular weight excluding hydrogens is 609 g/mol. The number of halogens is 3. The van der Waals surface area contributed by atoms with Crippen LogP contribution >= 0.6 is 34.8 Å². The molecule has 1 amide bonds. The molecule has 8 nitrogen and oxygen atoms in total. The number of benzene rings is 3. The summed E-state index contributed by atoms with van der Waals surface area (Å²) >= 11 is 18.2. The molecule has 3 atom stereocenters. The molecule has 0 spiro atoms. The van der Waals surface area contributed by atoms with Crippen LogP contribution in [0.25, 0.3) is 0 Å². The van der Waals surface area contributed by atoms with Gasteiger partial charge in [0.05, 0.1) is 33.2 Å². The van der Waals surface area contributed by atoms with E-state index < -0.39 is 16.1 Å². The highest BCUT2D eigenvalue weighted by atomic mass is 35.5. The van der Waals surface area contributed by atoms with Gasteiger partial charge in [-0.05, 0) is 74.1 Å². The lowest BCUT2D eigenvalue weighted by Gasteiger charge is -2.38. The molecule has 0 fully saturated rings. The number of fused-ring (bicyclic) bond motifs is 1. The first-order valence-corrected chi connectivity index (χ1v) is 15.6. The van der Waals surface area contributed by atoms with Crippen molar-refractivity contribution >= 4 is 56.4 Å². The molecule has 1 aliphatic rings. The number of aliphatic hydroxyl groups excluding tert-OH is 1. The molecule has 0 aliphatic carbocycles. The zero-order chi connectivity index (χ0) is 29.9. The van der Waals surface area contributed by atoms with Crippen molar-refractivity contribution < 1.29 is 23.1 Å². The Morgan fingerprint density at radius 3 is 2.44 bits per heavy atom. The van der Waals surface area contributed by atoms with E-state index in [1.807, 2.05) is 26.1 Å². The standard InChI is InChI=1S/C29H32Cl3N3O5S/c1-18-14-35(19(2)17-36)29(37)24-13-22(33-41(38,39)23-8-5-21(30)6-9-23)7-11-27(24)40-28(18)16-34(3)15-20-4-10-25(31)26(32)12-20/h4-13,18-19,28,33,36H,14-17H2,1-3H3/t18-,19-,28+/m1/s1. The van der Waals surface area contributed by atoms with Gasteiger partial charge in [-0.1, -0.05) is 47.8 Å².